The lowest BCUT2D eigenvalue weighted by molar-refractivity contribution is -0.138. The molecule has 0 amide bonds. The minimum absolute atomic E-state index is 0.125. The predicted molar refractivity (Wildman–Crippen MR) is 65.7 cm³/mol. The molecule has 19 heavy (non-hydrogen) atoms. The summed E-state index contributed by atoms with van der Waals surface area (Å²) in [6, 6.07) is 4.55. The Labute approximate surface area is 108 Å². The first-order valence-electron chi connectivity index (χ1n) is 5.78. The van der Waals surface area contributed by atoms with Crippen molar-refractivity contribution in [1.82, 2.24) is 0 Å². The average Bonchev–Trinajstić information content (AvgIpc) is 2.27. The fourth-order valence-corrected chi connectivity index (χ4v) is 1.58. The fraction of sp³-hybridized carbons (Fsp3) is 0.385. The highest BCUT2D eigenvalue weighted by Crippen LogP contribution is 2.31. The lowest BCUT2D eigenvalue weighted by atomic mass is 10.1. The summed E-state index contributed by atoms with van der Waals surface area (Å²) in [7, 11) is 0. The first-order chi connectivity index (χ1) is 8.82. The van der Waals surface area contributed by atoms with Crippen LogP contribution in [0.15, 0.2) is 29.3 Å². The first kappa shape index (κ1) is 15.2. The zero-order valence-electron chi connectivity index (χ0n) is 10.4. The lowest BCUT2D eigenvalue weighted by Gasteiger charge is -2.07. The highest BCUT2D eigenvalue weighted by molar-refractivity contribution is 5.99. The van der Waals surface area contributed by atoms with E-state index in [2.05, 4.69) is 4.99 Å². The van der Waals surface area contributed by atoms with E-state index < -0.39 is 17.7 Å². The maximum absolute atomic E-state index is 12.5. The summed E-state index contributed by atoms with van der Waals surface area (Å²) >= 11 is 0. The molecule has 0 bridgehead atoms. The number of alkyl halides is 3. The summed E-state index contributed by atoms with van der Waals surface area (Å²) < 4.78 is 37.6. The number of carboxylic acids is 1. The predicted octanol–water partition coefficient (Wildman–Crippen LogP) is 4.05. The minimum Gasteiger partial charge on any atom is -0.481 e. The van der Waals surface area contributed by atoms with E-state index in [4.69, 9.17) is 5.11 Å². The van der Waals surface area contributed by atoms with Gasteiger partial charge >= 0.3 is 12.1 Å². The second-order valence-electron chi connectivity index (χ2n) is 4.05. The molecule has 0 radical (unpaired) electrons. The number of hydrogen-bond donors (Lipinski definition) is 1. The molecule has 0 atom stereocenters. The van der Waals surface area contributed by atoms with Crippen molar-refractivity contribution in [3.05, 3.63) is 29.8 Å². The molecule has 0 unspecified atom stereocenters. The van der Waals surface area contributed by atoms with Crippen LogP contribution in [0.5, 0.6) is 0 Å². The van der Waals surface area contributed by atoms with E-state index in [1.54, 1.807) is 0 Å². The van der Waals surface area contributed by atoms with Gasteiger partial charge in [-0.3, -0.25) is 9.79 Å². The van der Waals surface area contributed by atoms with Gasteiger partial charge in [0.25, 0.3) is 0 Å². The third-order valence-electron chi connectivity index (χ3n) is 2.35. The van der Waals surface area contributed by atoms with Crippen LogP contribution in [0.2, 0.25) is 0 Å². The Morgan fingerprint density at radius 3 is 2.58 bits per heavy atom. The molecule has 3 nitrogen and oxygen atoms in total. The number of aliphatic carboxylic acids is 1. The van der Waals surface area contributed by atoms with Gasteiger partial charge in [0.2, 0.25) is 0 Å². The maximum Gasteiger partial charge on any atom is 0.416 e. The molecule has 0 aliphatic rings. The Morgan fingerprint density at radius 2 is 2.05 bits per heavy atom. The molecular weight excluding hydrogens is 259 g/mol. The van der Waals surface area contributed by atoms with Gasteiger partial charge in [0.15, 0.2) is 0 Å². The van der Waals surface area contributed by atoms with Crippen molar-refractivity contribution in [2.45, 2.75) is 32.4 Å². The maximum atomic E-state index is 12.5. The number of halogens is 3. The molecule has 0 spiro atoms. The van der Waals surface area contributed by atoms with Crippen LogP contribution in [0.3, 0.4) is 0 Å². The van der Waals surface area contributed by atoms with Crippen molar-refractivity contribution in [1.29, 1.82) is 0 Å². The van der Waals surface area contributed by atoms with Crippen LogP contribution in [0.25, 0.3) is 0 Å². The Bertz CT molecular complexity index is 481. The molecule has 1 aromatic carbocycles. The van der Waals surface area contributed by atoms with E-state index >= 15 is 0 Å². The van der Waals surface area contributed by atoms with Crippen molar-refractivity contribution < 1.29 is 23.1 Å². The van der Waals surface area contributed by atoms with Crippen molar-refractivity contribution in [2.75, 3.05) is 0 Å². The van der Waals surface area contributed by atoms with Crippen LogP contribution >= 0.6 is 0 Å². The van der Waals surface area contributed by atoms with Crippen LogP contribution in [-0.2, 0) is 11.0 Å². The number of carboxylic acid groups (broad SMARTS) is 1. The molecule has 1 rings (SSSR count). The van der Waals surface area contributed by atoms with E-state index in [1.165, 1.54) is 12.1 Å². The van der Waals surface area contributed by atoms with Gasteiger partial charge in [-0.15, -0.1) is 0 Å². The van der Waals surface area contributed by atoms with Gasteiger partial charge in [0.05, 0.1) is 17.7 Å². The molecule has 0 fully saturated rings. The summed E-state index contributed by atoms with van der Waals surface area (Å²) in [5.41, 5.74) is -0.297. The SMILES string of the molecule is CCCC(CC(=O)O)=Nc1cccc(C(F)(F)F)c1. The molecule has 1 aromatic rings. The van der Waals surface area contributed by atoms with Gasteiger partial charge in [0.1, 0.15) is 0 Å². The first-order valence-corrected chi connectivity index (χ1v) is 5.78. The summed E-state index contributed by atoms with van der Waals surface area (Å²) in [6.45, 7) is 1.85. The molecule has 0 aromatic heterocycles. The van der Waals surface area contributed by atoms with Gasteiger partial charge < -0.3 is 5.11 Å². The number of nitrogens with zero attached hydrogens (tertiary/aromatic N) is 1. The molecular formula is C13H14F3NO2. The topological polar surface area (TPSA) is 49.7 Å². The van der Waals surface area contributed by atoms with Gasteiger partial charge in [-0.1, -0.05) is 19.4 Å². The van der Waals surface area contributed by atoms with Crippen LogP contribution in [0.1, 0.15) is 31.7 Å². The Morgan fingerprint density at radius 1 is 1.37 bits per heavy atom. The quantitative estimate of drug-likeness (QED) is 0.823. The van der Waals surface area contributed by atoms with Gasteiger partial charge in [0, 0.05) is 5.71 Å². The molecule has 0 saturated heterocycles. The Kier molecular flexibility index (Phi) is 5.09. The monoisotopic (exact) mass is 273 g/mol. The second kappa shape index (κ2) is 6.36. The van der Waals surface area contributed by atoms with Crippen molar-refractivity contribution in [3.63, 3.8) is 0 Å². The van der Waals surface area contributed by atoms with Gasteiger partial charge in [-0.05, 0) is 24.6 Å². The summed E-state index contributed by atoms with van der Waals surface area (Å²) in [4.78, 5) is 14.6. The normalized spacial score (nSPS) is 12.5. The van der Waals surface area contributed by atoms with Crippen LogP contribution < -0.4 is 0 Å². The molecule has 0 aliphatic heterocycles. The van der Waals surface area contributed by atoms with Crippen LogP contribution in [0.4, 0.5) is 18.9 Å². The summed E-state index contributed by atoms with van der Waals surface area (Å²) in [5, 5.41) is 8.71. The minimum atomic E-state index is -4.43. The zero-order chi connectivity index (χ0) is 14.5. The standard InChI is InChI=1S/C13H14F3NO2/c1-2-4-10(8-12(18)19)17-11-6-3-5-9(7-11)13(14,15)16/h3,5-7H,2,4,8H2,1H3,(H,18,19). The molecule has 0 aliphatic carbocycles. The molecule has 6 heteroatoms. The average molecular weight is 273 g/mol. The number of rotatable bonds is 5. The third-order valence-corrected chi connectivity index (χ3v) is 2.35. The Hall–Kier alpha value is -1.85. The largest absolute Gasteiger partial charge is 0.481 e. The van der Waals surface area contributed by atoms with Gasteiger partial charge in [-0.2, -0.15) is 13.2 Å². The highest BCUT2D eigenvalue weighted by atomic mass is 19.4. The van der Waals surface area contributed by atoms with Crippen molar-refractivity contribution >= 4 is 17.4 Å². The van der Waals surface area contributed by atoms with Gasteiger partial charge in [-0.25, -0.2) is 0 Å². The molecule has 0 saturated carbocycles. The fourth-order valence-electron chi connectivity index (χ4n) is 1.58. The van der Waals surface area contributed by atoms with E-state index in [-0.39, 0.29) is 12.1 Å². The second-order valence-corrected chi connectivity index (χ2v) is 4.05. The Balaban J connectivity index is 3.03. The van der Waals surface area contributed by atoms with Crippen molar-refractivity contribution in [2.24, 2.45) is 4.99 Å². The van der Waals surface area contributed by atoms with E-state index in [1.807, 2.05) is 6.92 Å². The number of carbonyl (C=O) groups is 1. The highest BCUT2D eigenvalue weighted by Gasteiger charge is 2.30. The third kappa shape index (κ3) is 5.11. The summed E-state index contributed by atoms with van der Waals surface area (Å²) in [5.74, 6) is -1.04. The smallest absolute Gasteiger partial charge is 0.416 e. The van der Waals surface area contributed by atoms with E-state index in [0.29, 0.717) is 18.6 Å². The molecule has 1 N–H and O–H groups in total. The van der Waals surface area contributed by atoms with Crippen LogP contribution in [-0.4, -0.2) is 16.8 Å². The number of hydrogen-bond acceptors (Lipinski definition) is 2. The van der Waals surface area contributed by atoms with E-state index in [9.17, 15) is 18.0 Å². The zero-order valence-corrected chi connectivity index (χ0v) is 10.4. The lowest BCUT2D eigenvalue weighted by Crippen LogP contribution is -2.07. The van der Waals surface area contributed by atoms with Crippen molar-refractivity contribution in [3.8, 4) is 0 Å². The number of aliphatic imine (C=N–C) groups is 1. The molecule has 104 valence electrons. The summed E-state index contributed by atoms with van der Waals surface area (Å²) in [6.07, 6.45) is -3.55. The van der Waals surface area contributed by atoms with Crippen LogP contribution in [0, 0.1) is 0 Å². The number of benzene rings is 1. The molecule has 0 heterocycles. The van der Waals surface area contributed by atoms with E-state index in [0.717, 1.165) is 12.1 Å².